The number of nitrogens with one attached hydrogen (secondary N) is 1. The van der Waals surface area contributed by atoms with Gasteiger partial charge in [0, 0.05) is 8.04 Å². The van der Waals surface area contributed by atoms with Crippen LogP contribution >= 0.6 is 38.5 Å². The van der Waals surface area contributed by atoms with Crippen LogP contribution in [0.4, 0.5) is 0 Å². The smallest absolute Gasteiger partial charge is 0.0721 e. The van der Waals surface area contributed by atoms with Crippen LogP contribution in [0, 0.1) is 17.4 Å². The molecule has 4 heteroatoms. The van der Waals surface area contributed by atoms with Gasteiger partial charge in [-0.2, -0.15) is 0 Å². The summed E-state index contributed by atoms with van der Waals surface area (Å²) < 4.78 is 2.26. The van der Waals surface area contributed by atoms with Crippen molar-refractivity contribution in [2.75, 3.05) is 0 Å². The van der Waals surface area contributed by atoms with E-state index in [1.54, 1.807) is 0 Å². The average Bonchev–Trinajstić information content (AvgIpc) is 2.33. The average molecular weight is 431 g/mol. The Bertz CT molecular complexity index is 578. The van der Waals surface area contributed by atoms with Gasteiger partial charge in [-0.15, -0.1) is 0 Å². The van der Waals surface area contributed by atoms with E-state index in [9.17, 15) is 0 Å². The highest BCUT2D eigenvalue weighted by molar-refractivity contribution is 14.1. The number of nitrogens with two attached hydrogens (primary N) is 1. The molecule has 0 bridgehead atoms. The Balaban J connectivity index is 2.52. The molecule has 3 N–H and O–H groups in total. The van der Waals surface area contributed by atoms with Gasteiger partial charge in [-0.05, 0) is 65.8 Å². The van der Waals surface area contributed by atoms with Crippen molar-refractivity contribution in [3.63, 3.8) is 0 Å². The van der Waals surface area contributed by atoms with E-state index in [2.05, 4.69) is 94.2 Å². The fourth-order valence-corrected chi connectivity index (χ4v) is 3.27. The van der Waals surface area contributed by atoms with Crippen molar-refractivity contribution in [3.8, 4) is 0 Å². The third kappa shape index (κ3) is 3.56. The zero-order valence-electron chi connectivity index (χ0n) is 10.9. The van der Waals surface area contributed by atoms with E-state index in [-0.39, 0.29) is 6.04 Å². The van der Waals surface area contributed by atoms with Crippen LogP contribution in [-0.2, 0) is 0 Å². The second-order valence-corrected chi connectivity index (χ2v) is 6.79. The van der Waals surface area contributed by atoms with Crippen LogP contribution in [-0.4, -0.2) is 0 Å². The topological polar surface area (TPSA) is 38.0 Å². The zero-order valence-corrected chi connectivity index (χ0v) is 14.6. The van der Waals surface area contributed by atoms with Gasteiger partial charge in [0.2, 0.25) is 0 Å². The first kappa shape index (κ1) is 15.0. The Hall–Kier alpha value is -0.430. The van der Waals surface area contributed by atoms with Crippen LogP contribution in [0.3, 0.4) is 0 Å². The number of aryl methyl sites for hydroxylation is 2. The molecule has 0 aromatic heterocycles. The summed E-state index contributed by atoms with van der Waals surface area (Å²) in [5, 5.41) is 0. The summed E-state index contributed by atoms with van der Waals surface area (Å²) in [4.78, 5) is 0. The minimum absolute atomic E-state index is 0.0114. The highest BCUT2D eigenvalue weighted by atomic mass is 127. The molecule has 0 spiro atoms. The van der Waals surface area contributed by atoms with E-state index in [0.717, 1.165) is 10.0 Å². The molecule has 100 valence electrons. The van der Waals surface area contributed by atoms with Crippen LogP contribution in [0.5, 0.6) is 0 Å². The lowest BCUT2D eigenvalue weighted by Crippen LogP contribution is -2.29. The van der Waals surface area contributed by atoms with Crippen molar-refractivity contribution < 1.29 is 0 Å². The zero-order chi connectivity index (χ0) is 14.0. The lowest BCUT2D eigenvalue weighted by Gasteiger charge is -2.20. The van der Waals surface area contributed by atoms with Gasteiger partial charge in [-0.25, -0.2) is 5.43 Å². The van der Waals surface area contributed by atoms with E-state index in [4.69, 9.17) is 5.84 Å². The van der Waals surface area contributed by atoms with Crippen molar-refractivity contribution >= 4 is 38.5 Å². The first-order valence-electron chi connectivity index (χ1n) is 6.00. The van der Waals surface area contributed by atoms with Gasteiger partial charge >= 0.3 is 0 Å². The summed E-state index contributed by atoms with van der Waals surface area (Å²) in [6.45, 7) is 4.21. The summed E-state index contributed by atoms with van der Waals surface area (Å²) >= 11 is 5.92. The Kier molecular flexibility index (Phi) is 5.00. The fourth-order valence-electron chi connectivity index (χ4n) is 2.28. The molecule has 2 aromatic carbocycles. The molecule has 0 saturated carbocycles. The summed E-state index contributed by atoms with van der Waals surface area (Å²) in [7, 11) is 0. The van der Waals surface area contributed by atoms with Crippen LogP contribution in [0.15, 0.2) is 40.9 Å². The van der Waals surface area contributed by atoms with Gasteiger partial charge in [-0.1, -0.05) is 45.3 Å². The van der Waals surface area contributed by atoms with E-state index < -0.39 is 0 Å². The summed E-state index contributed by atoms with van der Waals surface area (Å²) in [5.41, 5.74) is 7.75. The molecule has 0 amide bonds. The molecule has 2 nitrogen and oxygen atoms in total. The lowest BCUT2D eigenvalue weighted by molar-refractivity contribution is 0.633. The van der Waals surface area contributed by atoms with E-state index >= 15 is 0 Å². The summed E-state index contributed by atoms with van der Waals surface area (Å²) in [6, 6.07) is 12.8. The third-order valence-electron chi connectivity index (χ3n) is 3.01. The largest absolute Gasteiger partial charge is 0.271 e. The molecule has 19 heavy (non-hydrogen) atoms. The summed E-state index contributed by atoms with van der Waals surface area (Å²) in [5.74, 6) is 5.78. The predicted octanol–water partition coefficient (Wildman–Crippen LogP) is 4.22. The Labute approximate surface area is 136 Å². The Morgan fingerprint density at radius 1 is 1.11 bits per heavy atom. The van der Waals surface area contributed by atoms with Gasteiger partial charge in [0.25, 0.3) is 0 Å². The molecule has 0 aliphatic heterocycles. The van der Waals surface area contributed by atoms with Gasteiger partial charge in [0.1, 0.15) is 0 Å². The molecule has 2 rings (SSSR count). The summed E-state index contributed by atoms with van der Waals surface area (Å²) in [6.07, 6.45) is 0. The van der Waals surface area contributed by atoms with Gasteiger partial charge in [0.15, 0.2) is 0 Å². The minimum Gasteiger partial charge on any atom is -0.271 e. The van der Waals surface area contributed by atoms with E-state index in [1.807, 2.05) is 0 Å². The molecular formula is C15H16BrIN2. The first-order chi connectivity index (χ1) is 9.01. The van der Waals surface area contributed by atoms with Crippen LogP contribution in [0.2, 0.25) is 0 Å². The van der Waals surface area contributed by atoms with Crippen LogP contribution in [0.25, 0.3) is 0 Å². The highest BCUT2D eigenvalue weighted by Gasteiger charge is 2.16. The van der Waals surface area contributed by atoms with Crippen LogP contribution < -0.4 is 11.3 Å². The molecule has 1 unspecified atom stereocenters. The molecular weight excluding hydrogens is 415 g/mol. The highest BCUT2D eigenvalue weighted by Crippen LogP contribution is 2.30. The third-order valence-corrected chi connectivity index (χ3v) is 4.41. The second kappa shape index (κ2) is 6.35. The predicted molar refractivity (Wildman–Crippen MR) is 91.9 cm³/mol. The van der Waals surface area contributed by atoms with Crippen molar-refractivity contribution in [1.29, 1.82) is 0 Å². The van der Waals surface area contributed by atoms with Crippen LogP contribution in [0.1, 0.15) is 28.3 Å². The number of hydrogen-bond acceptors (Lipinski definition) is 2. The monoisotopic (exact) mass is 430 g/mol. The lowest BCUT2D eigenvalue weighted by atomic mass is 9.96. The molecule has 2 aromatic rings. The van der Waals surface area contributed by atoms with Gasteiger partial charge < -0.3 is 0 Å². The SMILES string of the molecule is Cc1cc(C)cc(C(NN)c2cc(I)ccc2Br)c1. The number of hydrogen-bond donors (Lipinski definition) is 2. The molecule has 0 aliphatic carbocycles. The molecule has 0 saturated heterocycles. The molecule has 0 fully saturated rings. The number of rotatable bonds is 3. The molecule has 0 radical (unpaired) electrons. The maximum absolute atomic E-state index is 5.78. The number of hydrazine groups is 1. The van der Waals surface area contributed by atoms with E-state index in [1.165, 1.54) is 20.3 Å². The van der Waals surface area contributed by atoms with Crippen molar-refractivity contribution in [3.05, 3.63) is 66.7 Å². The number of halogens is 2. The Morgan fingerprint density at radius 3 is 2.32 bits per heavy atom. The molecule has 0 heterocycles. The van der Waals surface area contributed by atoms with Crippen molar-refractivity contribution in [2.45, 2.75) is 19.9 Å². The fraction of sp³-hybridized carbons (Fsp3) is 0.200. The molecule has 1 atom stereocenters. The van der Waals surface area contributed by atoms with Gasteiger partial charge in [0.05, 0.1) is 6.04 Å². The van der Waals surface area contributed by atoms with Crippen molar-refractivity contribution in [2.24, 2.45) is 5.84 Å². The normalized spacial score (nSPS) is 12.5. The quantitative estimate of drug-likeness (QED) is 0.434. The van der Waals surface area contributed by atoms with Gasteiger partial charge in [-0.3, -0.25) is 5.84 Å². The molecule has 0 aliphatic rings. The van der Waals surface area contributed by atoms with Crippen molar-refractivity contribution in [1.82, 2.24) is 5.43 Å². The maximum atomic E-state index is 5.78. The standard InChI is InChI=1S/C15H16BrIN2/c1-9-5-10(2)7-11(6-9)15(19-18)13-8-12(17)3-4-14(13)16/h3-8,15,19H,18H2,1-2H3. The Morgan fingerprint density at radius 2 is 1.74 bits per heavy atom. The maximum Gasteiger partial charge on any atom is 0.0721 e. The van der Waals surface area contributed by atoms with E-state index in [0.29, 0.717) is 0 Å². The second-order valence-electron chi connectivity index (χ2n) is 4.69. The number of benzene rings is 2. The first-order valence-corrected chi connectivity index (χ1v) is 7.87. The minimum atomic E-state index is -0.0114.